The number of nitrogens with zero attached hydrogens (tertiary/aromatic N) is 2. The molecule has 7 heteroatoms. The highest BCUT2D eigenvalue weighted by atomic mass is 16.5. The number of hydrogen-bond acceptors (Lipinski definition) is 4. The van der Waals surface area contributed by atoms with E-state index in [1.165, 1.54) is 0 Å². The van der Waals surface area contributed by atoms with Crippen molar-refractivity contribution < 1.29 is 19.1 Å². The lowest BCUT2D eigenvalue weighted by molar-refractivity contribution is -0.116. The smallest absolute Gasteiger partial charge is 0.317 e. The molecule has 1 unspecified atom stereocenters. The molecule has 1 fully saturated rings. The Morgan fingerprint density at radius 2 is 1.97 bits per heavy atom. The summed E-state index contributed by atoms with van der Waals surface area (Å²) in [4.78, 5) is 28.6. The summed E-state index contributed by atoms with van der Waals surface area (Å²) in [7, 11) is 0. The van der Waals surface area contributed by atoms with Gasteiger partial charge in [-0.1, -0.05) is 23.8 Å². The highest BCUT2D eigenvalue weighted by Crippen LogP contribution is 2.26. The predicted octanol–water partition coefficient (Wildman–Crippen LogP) is 3.63. The number of amides is 3. The molecule has 3 amide bonds. The number of hydrogen-bond donors (Lipinski definition) is 1. The Balaban J connectivity index is 1.46. The number of urea groups is 1. The molecule has 0 aromatic heterocycles. The molecular formula is C25H31N3O4. The van der Waals surface area contributed by atoms with E-state index < -0.39 is 0 Å². The van der Waals surface area contributed by atoms with Crippen molar-refractivity contribution in [2.45, 2.75) is 45.9 Å². The molecular weight excluding hydrogens is 406 g/mol. The zero-order valence-electron chi connectivity index (χ0n) is 18.8. The topological polar surface area (TPSA) is 71.1 Å². The van der Waals surface area contributed by atoms with Gasteiger partial charge in [-0.2, -0.15) is 0 Å². The van der Waals surface area contributed by atoms with Crippen LogP contribution >= 0.6 is 0 Å². The predicted molar refractivity (Wildman–Crippen MR) is 123 cm³/mol. The van der Waals surface area contributed by atoms with Crippen LogP contribution in [0.25, 0.3) is 0 Å². The van der Waals surface area contributed by atoms with Crippen LogP contribution < -0.4 is 15.0 Å². The molecule has 32 heavy (non-hydrogen) atoms. The first-order valence-corrected chi connectivity index (χ1v) is 11.2. The van der Waals surface area contributed by atoms with Crippen LogP contribution in [0, 0.1) is 6.92 Å². The third-order valence-corrected chi connectivity index (χ3v) is 5.96. The lowest BCUT2D eigenvalue weighted by atomic mass is 10.1. The summed E-state index contributed by atoms with van der Waals surface area (Å²) in [6.07, 6.45) is 2.15. The van der Waals surface area contributed by atoms with Gasteiger partial charge < -0.3 is 24.6 Å². The first-order chi connectivity index (χ1) is 15.5. The first-order valence-electron chi connectivity index (χ1n) is 11.2. The maximum Gasteiger partial charge on any atom is 0.317 e. The minimum absolute atomic E-state index is 0.0184. The van der Waals surface area contributed by atoms with E-state index in [0.29, 0.717) is 32.8 Å². The van der Waals surface area contributed by atoms with Gasteiger partial charge in [-0.05, 0) is 49.6 Å². The summed E-state index contributed by atoms with van der Waals surface area (Å²) in [5.74, 6) is 0.767. The molecule has 2 aromatic carbocycles. The van der Waals surface area contributed by atoms with E-state index in [1.54, 1.807) is 16.7 Å². The molecule has 1 N–H and O–H groups in total. The molecule has 0 saturated carbocycles. The van der Waals surface area contributed by atoms with Crippen molar-refractivity contribution in [3.63, 3.8) is 0 Å². The number of carbonyl (C=O) groups is 2. The SMILES string of the molecule is CC(=O)N(Cc1ccc2c(c1)CN(C(=O)NCC1CCCO1)CCO2)c1ccc(C)cc1. The summed E-state index contributed by atoms with van der Waals surface area (Å²) in [5.41, 5.74) is 3.95. The fraction of sp³-hybridized carbons (Fsp3) is 0.440. The number of anilines is 1. The Hall–Kier alpha value is -3.06. The highest BCUT2D eigenvalue weighted by molar-refractivity contribution is 5.91. The second-order valence-electron chi connectivity index (χ2n) is 8.47. The Morgan fingerprint density at radius 1 is 1.16 bits per heavy atom. The molecule has 2 heterocycles. The van der Waals surface area contributed by atoms with E-state index in [4.69, 9.17) is 9.47 Å². The van der Waals surface area contributed by atoms with Crippen molar-refractivity contribution in [3.8, 4) is 5.75 Å². The Morgan fingerprint density at radius 3 is 2.69 bits per heavy atom. The number of benzene rings is 2. The van der Waals surface area contributed by atoms with Crippen molar-refractivity contribution in [1.29, 1.82) is 0 Å². The second kappa shape index (κ2) is 10.0. The van der Waals surface area contributed by atoms with Crippen molar-refractivity contribution >= 4 is 17.6 Å². The van der Waals surface area contributed by atoms with Crippen LogP contribution in [-0.4, -0.2) is 49.2 Å². The molecule has 170 valence electrons. The van der Waals surface area contributed by atoms with E-state index in [-0.39, 0.29) is 18.0 Å². The van der Waals surface area contributed by atoms with Gasteiger partial charge in [-0.15, -0.1) is 0 Å². The average Bonchev–Trinajstić information content (AvgIpc) is 3.21. The van der Waals surface area contributed by atoms with Gasteiger partial charge >= 0.3 is 6.03 Å². The molecule has 2 aliphatic rings. The molecule has 0 bridgehead atoms. The molecule has 0 radical (unpaired) electrons. The van der Waals surface area contributed by atoms with Crippen LogP contribution in [0.15, 0.2) is 42.5 Å². The maximum absolute atomic E-state index is 12.7. The molecule has 0 spiro atoms. The zero-order valence-corrected chi connectivity index (χ0v) is 18.8. The summed E-state index contributed by atoms with van der Waals surface area (Å²) in [6, 6.07) is 13.8. The van der Waals surface area contributed by atoms with Crippen molar-refractivity contribution in [3.05, 3.63) is 59.2 Å². The van der Waals surface area contributed by atoms with E-state index in [0.717, 1.165) is 47.6 Å². The maximum atomic E-state index is 12.7. The number of carbonyl (C=O) groups excluding carboxylic acids is 2. The largest absolute Gasteiger partial charge is 0.491 e. The Bertz CT molecular complexity index is 954. The molecule has 0 aliphatic carbocycles. The second-order valence-corrected chi connectivity index (χ2v) is 8.47. The molecule has 2 aliphatic heterocycles. The number of nitrogens with one attached hydrogen (secondary N) is 1. The van der Waals surface area contributed by atoms with Crippen molar-refractivity contribution in [1.82, 2.24) is 10.2 Å². The fourth-order valence-corrected chi connectivity index (χ4v) is 4.13. The average molecular weight is 438 g/mol. The minimum Gasteiger partial charge on any atom is -0.491 e. The minimum atomic E-state index is -0.104. The van der Waals surface area contributed by atoms with Crippen LogP contribution in [-0.2, 0) is 22.6 Å². The van der Waals surface area contributed by atoms with Gasteiger partial charge in [0.25, 0.3) is 0 Å². The number of rotatable bonds is 5. The monoisotopic (exact) mass is 437 g/mol. The molecule has 1 atom stereocenters. The van der Waals surface area contributed by atoms with E-state index in [2.05, 4.69) is 5.32 Å². The van der Waals surface area contributed by atoms with Gasteiger partial charge in [0.15, 0.2) is 0 Å². The molecule has 1 saturated heterocycles. The number of ether oxygens (including phenoxy) is 2. The standard InChI is InChI=1S/C25H31N3O4/c1-18-5-8-22(9-6-18)28(19(2)29)16-20-7-10-24-21(14-20)17-27(11-13-32-24)25(30)26-15-23-4-3-12-31-23/h5-10,14,23H,3-4,11-13,15-17H2,1-2H3,(H,26,30). The molecule has 2 aromatic rings. The van der Waals surface area contributed by atoms with Gasteiger partial charge in [0.2, 0.25) is 5.91 Å². The van der Waals surface area contributed by atoms with Crippen LogP contribution in [0.3, 0.4) is 0 Å². The first kappa shape index (κ1) is 22.1. The van der Waals surface area contributed by atoms with Gasteiger partial charge in [0, 0.05) is 31.3 Å². The van der Waals surface area contributed by atoms with Gasteiger partial charge in [0.1, 0.15) is 12.4 Å². The third kappa shape index (κ3) is 5.40. The Labute approximate surface area is 189 Å². The zero-order chi connectivity index (χ0) is 22.5. The highest BCUT2D eigenvalue weighted by Gasteiger charge is 2.23. The summed E-state index contributed by atoms with van der Waals surface area (Å²) >= 11 is 0. The van der Waals surface area contributed by atoms with Gasteiger partial charge in [-0.25, -0.2) is 4.79 Å². The lowest BCUT2D eigenvalue weighted by Gasteiger charge is -2.23. The van der Waals surface area contributed by atoms with E-state index in [9.17, 15) is 9.59 Å². The lowest BCUT2D eigenvalue weighted by Crippen LogP contribution is -2.43. The quantitative estimate of drug-likeness (QED) is 0.776. The van der Waals surface area contributed by atoms with Gasteiger partial charge in [-0.3, -0.25) is 4.79 Å². The van der Waals surface area contributed by atoms with E-state index >= 15 is 0 Å². The molecule has 4 rings (SSSR count). The van der Waals surface area contributed by atoms with Crippen LogP contribution in [0.1, 0.15) is 36.5 Å². The summed E-state index contributed by atoms with van der Waals surface area (Å²) in [6.45, 7) is 6.79. The van der Waals surface area contributed by atoms with Crippen LogP contribution in [0.4, 0.5) is 10.5 Å². The number of aryl methyl sites for hydroxylation is 1. The number of fused-ring (bicyclic) bond motifs is 1. The third-order valence-electron chi connectivity index (χ3n) is 5.96. The van der Waals surface area contributed by atoms with Crippen molar-refractivity contribution in [2.24, 2.45) is 0 Å². The van der Waals surface area contributed by atoms with E-state index in [1.807, 2.05) is 49.4 Å². The summed E-state index contributed by atoms with van der Waals surface area (Å²) < 4.78 is 11.5. The normalized spacial score (nSPS) is 17.8. The van der Waals surface area contributed by atoms with Gasteiger partial charge in [0.05, 0.1) is 25.7 Å². The van der Waals surface area contributed by atoms with Crippen LogP contribution in [0.5, 0.6) is 5.75 Å². The molecule has 7 nitrogen and oxygen atoms in total. The fourth-order valence-electron chi connectivity index (χ4n) is 4.13. The Kier molecular flexibility index (Phi) is 6.95. The summed E-state index contributed by atoms with van der Waals surface area (Å²) in [5, 5.41) is 2.99. The van der Waals surface area contributed by atoms with Crippen molar-refractivity contribution in [2.75, 3.05) is 31.2 Å². The van der Waals surface area contributed by atoms with Crippen LogP contribution in [0.2, 0.25) is 0 Å².